The smallest absolute Gasteiger partial charge is 0.266 e. The van der Waals surface area contributed by atoms with Gasteiger partial charge in [0, 0.05) is 10.0 Å². The summed E-state index contributed by atoms with van der Waals surface area (Å²) in [6, 6.07) is 6.60. The summed E-state index contributed by atoms with van der Waals surface area (Å²) in [7, 11) is -3.43. The van der Waals surface area contributed by atoms with Crippen LogP contribution in [0.15, 0.2) is 28.7 Å². The molecule has 1 aromatic carbocycles. The van der Waals surface area contributed by atoms with Gasteiger partial charge in [0.1, 0.15) is 0 Å². The maximum absolute atomic E-state index is 11.4. The van der Waals surface area contributed by atoms with Crippen molar-refractivity contribution in [2.24, 2.45) is 0 Å². The van der Waals surface area contributed by atoms with Crippen LogP contribution < -0.4 is 10.3 Å². The molecule has 0 aliphatic heterocycles. The second-order valence-corrected chi connectivity index (χ2v) is 5.50. The Hall–Kier alpha value is -0.920. The van der Waals surface area contributed by atoms with E-state index < -0.39 is 15.9 Å². The van der Waals surface area contributed by atoms with Gasteiger partial charge in [-0.15, -0.1) is 4.83 Å². The highest BCUT2D eigenvalue weighted by Crippen LogP contribution is 2.11. The number of amides is 1. The fourth-order valence-corrected chi connectivity index (χ4v) is 1.52. The van der Waals surface area contributed by atoms with Gasteiger partial charge in [-0.1, -0.05) is 22.0 Å². The Morgan fingerprint density at radius 1 is 1.40 bits per heavy atom. The molecule has 1 amide bonds. The number of hydrogen-bond donors (Lipinski definition) is 2. The van der Waals surface area contributed by atoms with Crippen LogP contribution in [0.4, 0.5) is 0 Å². The molecule has 0 aliphatic carbocycles. The van der Waals surface area contributed by atoms with Crippen LogP contribution in [-0.2, 0) is 10.0 Å². The third-order valence-electron chi connectivity index (χ3n) is 1.44. The van der Waals surface area contributed by atoms with Crippen LogP contribution in [0.2, 0.25) is 0 Å². The fourth-order valence-electron chi connectivity index (χ4n) is 0.841. The molecule has 0 bridgehead atoms. The molecule has 0 spiro atoms. The lowest BCUT2D eigenvalue weighted by Crippen LogP contribution is -2.40. The number of rotatable bonds is 3. The number of hydrogen-bond acceptors (Lipinski definition) is 3. The van der Waals surface area contributed by atoms with Crippen molar-refractivity contribution in [2.75, 3.05) is 6.26 Å². The van der Waals surface area contributed by atoms with Gasteiger partial charge in [0.2, 0.25) is 10.0 Å². The van der Waals surface area contributed by atoms with E-state index in [1.54, 1.807) is 24.3 Å². The van der Waals surface area contributed by atoms with Crippen molar-refractivity contribution in [3.63, 3.8) is 0 Å². The molecule has 0 saturated carbocycles. The number of halogens is 1. The number of carbonyl (C=O) groups excluding carboxylic acids is 1. The number of benzene rings is 1. The van der Waals surface area contributed by atoms with Crippen molar-refractivity contribution < 1.29 is 13.2 Å². The number of nitrogens with one attached hydrogen (secondary N) is 2. The summed E-state index contributed by atoms with van der Waals surface area (Å²) in [6.45, 7) is 0. The van der Waals surface area contributed by atoms with E-state index in [0.29, 0.717) is 5.56 Å². The molecule has 5 nitrogen and oxygen atoms in total. The third-order valence-corrected chi connectivity index (χ3v) is 2.40. The molecule has 7 heteroatoms. The van der Waals surface area contributed by atoms with Gasteiger partial charge in [-0.05, 0) is 18.2 Å². The molecule has 0 aliphatic rings. The molecule has 82 valence electrons. The van der Waals surface area contributed by atoms with E-state index >= 15 is 0 Å². The van der Waals surface area contributed by atoms with Crippen LogP contribution >= 0.6 is 15.9 Å². The van der Waals surface area contributed by atoms with E-state index in [4.69, 9.17) is 0 Å². The van der Waals surface area contributed by atoms with Gasteiger partial charge in [0.05, 0.1) is 6.26 Å². The van der Waals surface area contributed by atoms with Crippen molar-refractivity contribution in [2.45, 2.75) is 0 Å². The molecule has 0 atom stereocenters. The minimum atomic E-state index is -3.43. The van der Waals surface area contributed by atoms with Crippen LogP contribution in [0.5, 0.6) is 0 Å². The SMILES string of the molecule is CS(=O)(=O)NNC(=O)c1cccc(Br)c1. The minimum absolute atomic E-state index is 0.362. The van der Waals surface area contributed by atoms with Crippen LogP contribution in [0.1, 0.15) is 10.4 Å². The lowest BCUT2D eigenvalue weighted by molar-refractivity contribution is 0.0945. The first-order valence-electron chi connectivity index (χ1n) is 3.91. The van der Waals surface area contributed by atoms with Gasteiger partial charge in [0.15, 0.2) is 0 Å². The van der Waals surface area contributed by atoms with Crippen molar-refractivity contribution in [3.8, 4) is 0 Å². The Labute approximate surface area is 96.0 Å². The van der Waals surface area contributed by atoms with E-state index in [-0.39, 0.29) is 0 Å². The Morgan fingerprint density at radius 2 is 2.07 bits per heavy atom. The highest BCUT2D eigenvalue weighted by atomic mass is 79.9. The highest BCUT2D eigenvalue weighted by Gasteiger charge is 2.07. The zero-order valence-electron chi connectivity index (χ0n) is 7.82. The molecule has 0 fully saturated rings. The average Bonchev–Trinajstić information content (AvgIpc) is 2.13. The second kappa shape index (κ2) is 4.73. The predicted octanol–water partition coefficient (Wildman–Crippen LogP) is 0.643. The molecule has 0 radical (unpaired) electrons. The number of carbonyl (C=O) groups is 1. The van der Waals surface area contributed by atoms with Gasteiger partial charge < -0.3 is 0 Å². The van der Waals surface area contributed by atoms with Crippen molar-refractivity contribution in [3.05, 3.63) is 34.3 Å². The van der Waals surface area contributed by atoms with Crippen LogP contribution in [0.25, 0.3) is 0 Å². The number of sulfonamides is 1. The summed E-state index contributed by atoms with van der Waals surface area (Å²) in [5.74, 6) is -0.512. The van der Waals surface area contributed by atoms with Crippen molar-refractivity contribution in [1.29, 1.82) is 0 Å². The van der Waals surface area contributed by atoms with Crippen LogP contribution in [0, 0.1) is 0 Å². The van der Waals surface area contributed by atoms with Gasteiger partial charge in [0.25, 0.3) is 5.91 Å². The summed E-state index contributed by atoms with van der Waals surface area (Å²) in [5, 5.41) is 0. The molecule has 1 rings (SSSR count). The second-order valence-electron chi connectivity index (χ2n) is 2.84. The largest absolute Gasteiger partial charge is 0.274 e. The summed E-state index contributed by atoms with van der Waals surface area (Å²) in [4.78, 5) is 13.3. The normalized spacial score (nSPS) is 11.1. The average molecular weight is 293 g/mol. The standard InChI is InChI=1S/C8H9BrN2O3S/c1-15(13,14)11-10-8(12)6-3-2-4-7(9)5-6/h2-5,11H,1H3,(H,10,12). The van der Waals surface area contributed by atoms with E-state index in [2.05, 4.69) is 21.4 Å². The van der Waals surface area contributed by atoms with Gasteiger partial charge in [-0.25, -0.2) is 8.42 Å². The molecule has 0 saturated heterocycles. The monoisotopic (exact) mass is 292 g/mol. The van der Waals surface area contributed by atoms with E-state index in [0.717, 1.165) is 10.7 Å². The first-order chi connectivity index (χ1) is 6.88. The summed E-state index contributed by atoms with van der Waals surface area (Å²) >= 11 is 3.20. The number of hydrazine groups is 1. The quantitative estimate of drug-likeness (QED) is 0.803. The summed E-state index contributed by atoms with van der Waals surface area (Å²) < 4.78 is 22.1. The Balaban J connectivity index is 2.70. The van der Waals surface area contributed by atoms with Gasteiger partial charge >= 0.3 is 0 Å². The molecule has 1 aromatic rings. The zero-order valence-corrected chi connectivity index (χ0v) is 10.2. The summed E-state index contributed by atoms with van der Waals surface area (Å²) in [5.41, 5.74) is 2.43. The predicted molar refractivity (Wildman–Crippen MR) is 59.6 cm³/mol. The fraction of sp³-hybridized carbons (Fsp3) is 0.125. The Kier molecular flexibility index (Phi) is 3.83. The van der Waals surface area contributed by atoms with Crippen molar-refractivity contribution >= 4 is 31.9 Å². The zero-order chi connectivity index (χ0) is 11.5. The molecule has 0 aromatic heterocycles. The topological polar surface area (TPSA) is 75.3 Å². The van der Waals surface area contributed by atoms with Gasteiger partial charge in [-0.2, -0.15) is 0 Å². The van der Waals surface area contributed by atoms with E-state index in [1.807, 2.05) is 4.83 Å². The van der Waals surface area contributed by atoms with Crippen LogP contribution in [0.3, 0.4) is 0 Å². The first-order valence-corrected chi connectivity index (χ1v) is 6.59. The molecular formula is C8H9BrN2O3S. The van der Waals surface area contributed by atoms with Crippen LogP contribution in [-0.4, -0.2) is 20.6 Å². The highest BCUT2D eigenvalue weighted by molar-refractivity contribution is 9.10. The van der Waals surface area contributed by atoms with Gasteiger partial charge in [-0.3, -0.25) is 10.2 Å². The minimum Gasteiger partial charge on any atom is -0.274 e. The Bertz CT molecular complexity index is 473. The lowest BCUT2D eigenvalue weighted by atomic mass is 10.2. The molecule has 0 unspecified atom stereocenters. The molecular weight excluding hydrogens is 284 g/mol. The lowest BCUT2D eigenvalue weighted by Gasteiger charge is -2.04. The molecule has 0 heterocycles. The Morgan fingerprint density at radius 3 is 2.60 bits per heavy atom. The maximum Gasteiger partial charge on any atom is 0.266 e. The summed E-state index contributed by atoms with van der Waals surface area (Å²) in [6.07, 6.45) is 0.953. The first kappa shape index (κ1) is 12.2. The maximum atomic E-state index is 11.4. The van der Waals surface area contributed by atoms with Crippen molar-refractivity contribution in [1.82, 2.24) is 10.3 Å². The third kappa shape index (κ3) is 4.41. The van der Waals surface area contributed by atoms with E-state index in [9.17, 15) is 13.2 Å². The molecule has 15 heavy (non-hydrogen) atoms. The molecule has 2 N–H and O–H groups in total. The van der Waals surface area contributed by atoms with E-state index in [1.165, 1.54) is 0 Å².